The maximum Gasteiger partial charge on any atom is 0.0547 e. The second-order valence-corrected chi connectivity index (χ2v) is 14.6. The molecule has 0 aliphatic carbocycles. The fraction of sp³-hybridized carbons (Fsp3) is 0. The lowest BCUT2D eigenvalue weighted by Gasteiger charge is -2.14. The first-order chi connectivity index (χ1) is 27.3. The normalized spacial score (nSPS) is 12.0. The van der Waals surface area contributed by atoms with E-state index in [0.717, 1.165) is 5.52 Å². The van der Waals surface area contributed by atoms with Gasteiger partial charge in [-0.15, -0.1) is 0 Å². The second-order valence-electron chi connectivity index (χ2n) is 14.6. The summed E-state index contributed by atoms with van der Waals surface area (Å²) in [7, 11) is 0. The van der Waals surface area contributed by atoms with Crippen LogP contribution in [0.3, 0.4) is 0 Å². The van der Waals surface area contributed by atoms with E-state index in [1.54, 1.807) is 0 Å². The van der Waals surface area contributed by atoms with E-state index in [0.29, 0.717) is 0 Å². The Bertz CT molecular complexity index is 3490. The molecule has 256 valence electrons. The van der Waals surface area contributed by atoms with Gasteiger partial charge in [0.1, 0.15) is 0 Å². The van der Waals surface area contributed by atoms with Gasteiger partial charge in [-0.2, -0.15) is 0 Å². The predicted molar refractivity (Wildman–Crippen MR) is 233 cm³/mol. The summed E-state index contributed by atoms with van der Waals surface area (Å²) < 4.78 is 4.86. The molecule has 0 aliphatic heterocycles. The van der Waals surface area contributed by atoms with E-state index < -0.39 is 0 Å². The lowest BCUT2D eigenvalue weighted by Crippen LogP contribution is -1.96. The van der Waals surface area contributed by atoms with Crippen molar-refractivity contribution >= 4 is 76.2 Å². The van der Waals surface area contributed by atoms with Gasteiger partial charge in [-0.25, -0.2) is 0 Å². The number of aromatic nitrogens is 3. The van der Waals surface area contributed by atoms with Crippen LogP contribution in [0.1, 0.15) is 0 Å². The Morgan fingerprint density at radius 1 is 0.291 bits per heavy atom. The highest BCUT2D eigenvalue weighted by Gasteiger charge is 2.17. The summed E-state index contributed by atoms with van der Waals surface area (Å²) in [4.78, 5) is 3.62. The lowest BCUT2D eigenvalue weighted by atomic mass is 9.99. The van der Waals surface area contributed by atoms with Crippen molar-refractivity contribution in [2.45, 2.75) is 0 Å². The molecule has 0 aliphatic rings. The Balaban J connectivity index is 1.03. The summed E-state index contributed by atoms with van der Waals surface area (Å²) in [6.07, 6.45) is 0. The standard InChI is InChI=1S/C52H33N3/c1-2-12-38(13-3-1)54-49-18-8-5-15-42(49)44-27-23-35(31-51(44)54)36-24-28-45-43-16-6-9-19-50(43)55(52(45)32-36)48-20-10-11-37-29-33(21-25-39(37)48)34-22-26-41-40-14-4-7-17-46(40)53-47(41)30-34/h1-32,53H. The van der Waals surface area contributed by atoms with Crippen molar-refractivity contribution in [2.24, 2.45) is 0 Å². The van der Waals surface area contributed by atoms with Crippen LogP contribution in [0.5, 0.6) is 0 Å². The Morgan fingerprint density at radius 2 is 0.800 bits per heavy atom. The summed E-state index contributed by atoms with van der Waals surface area (Å²) in [5, 5.41) is 9.98. The monoisotopic (exact) mass is 699 g/mol. The number of aromatic amines is 1. The van der Waals surface area contributed by atoms with E-state index in [2.05, 4.69) is 208 Å². The van der Waals surface area contributed by atoms with Crippen LogP contribution in [0.2, 0.25) is 0 Å². The first-order valence-electron chi connectivity index (χ1n) is 18.9. The van der Waals surface area contributed by atoms with E-state index in [9.17, 15) is 0 Å². The minimum absolute atomic E-state index is 1.16. The average Bonchev–Trinajstić information content (AvgIpc) is 3.90. The number of rotatable bonds is 4. The third-order valence-electron chi connectivity index (χ3n) is 11.6. The van der Waals surface area contributed by atoms with Gasteiger partial charge in [-0.3, -0.25) is 0 Å². The van der Waals surface area contributed by atoms with Gasteiger partial charge in [0.25, 0.3) is 0 Å². The Hall–Kier alpha value is -7.36. The quantitative estimate of drug-likeness (QED) is 0.189. The zero-order valence-corrected chi connectivity index (χ0v) is 29.9. The number of nitrogens with zero attached hydrogens (tertiary/aromatic N) is 2. The molecule has 3 nitrogen and oxygen atoms in total. The predicted octanol–water partition coefficient (Wildman–Crippen LogP) is 14.0. The minimum Gasteiger partial charge on any atom is -0.354 e. The topological polar surface area (TPSA) is 25.6 Å². The van der Waals surface area contributed by atoms with Gasteiger partial charge in [0, 0.05) is 54.4 Å². The van der Waals surface area contributed by atoms with Crippen LogP contribution in [-0.4, -0.2) is 14.1 Å². The van der Waals surface area contributed by atoms with Crippen molar-refractivity contribution in [1.29, 1.82) is 0 Å². The third-order valence-corrected chi connectivity index (χ3v) is 11.6. The van der Waals surface area contributed by atoms with Crippen LogP contribution < -0.4 is 0 Å². The highest BCUT2D eigenvalue weighted by Crippen LogP contribution is 2.40. The minimum atomic E-state index is 1.16. The number of benzene rings is 9. The number of para-hydroxylation sites is 4. The van der Waals surface area contributed by atoms with Gasteiger partial charge in [-0.05, 0) is 88.3 Å². The van der Waals surface area contributed by atoms with E-state index in [4.69, 9.17) is 0 Å². The molecule has 3 aromatic heterocycles. The van der Waals surface area contributed by atoms with Crippen molar-refractivity contribution < 1.29 is 0 Å². The Morgan fingerprint density at radius 3 is 1.53 bits per heavy atom. The number of hydrogen-bond acceptors (Lipinski definition) is 0. The van der Waals surface area contributed by atoms with Crippen molar-refractivity contribution in [2.75, 3.05) is 0 Å². The summed E-state index contributed by atoms with van der Waals surface area (Å²) in [6.45, 7) is 0. The maximum atomic E-state index is 3.62. The molecule has 55 heavy (non-hydrogen) atoms. The molecule has 12 aromatic rings. The zero-order valence-electron chi connectivity index (χ0n) is 29.9. The molecule has 3 heteroatoms. The van der Waals surface area contributed by atoms with Crippen molar-refractivity contribution in [1.82, 2.24) is 14.1 Å². The fourth-order valence-corrected chi connectivity index (χ4v) is 9.09. The number of nitrogens with one attached hydrogen (secondary N) is 1. The molecule has 0 spiro atoms. The lowest BCUT2D eigenvalue weighted by molar-refractivity contribution is 1.18. The summed E-state index contributed by atoms with van der Waals surface area (Å²) >= 11 is 0. The van der Waals surface area contributed by atoms with Crippen LogP contribution in [-0.2, 0) is 0 Å². The van der Waals surface area contributed by atoms with Gasteiger partial charge >= 0.3 is 0 Å². The van der Waals surface area contributed by atoms with E-state index >= 15 is 0 Å². The first kappa shape index (κ1) is 30.1. The second kappa shape index (κ2) is 11.6. The molecule has 0 unspecified atom stereocenters. The van der Waals surface area contributed by atoms with Gasteiger partial charge in [0.05, 0.1) is 27.8 Å². The third kappa shape index (κ3) is 4.50. The van der Waals surface area contributed by atoms with E-state index in [-0.39, 0.29) is 0 Å². The smallest absolute Gasteiger partial charge is 0.0547 e. The van der Waals surface area contributed by atoms with E-state index in [1.807, 2.05) is 0 Å². The molecule has 0 bridgehead atoms. The Labute approximate surface area is 316 Å². The number of H-pyrrole nitrogens is 1. The molecule has 0 radical (unpaired) electrons. The molecular formula is C52H33N3. The van der Waals surface area contributed by atoms with Gasteiger partial charge in [0.2, 0.25) is 0 Å². The van der Waals surface area contributed by atoms with Crippen molar-refractivity contribution in [3.63, 3.8) is 0 Å². The molecule has 0 atom stereocenters. The van der Waals surface area contributed by atoms with Gasteiger partial charge < -0.3 is 14.1 Å². The molecule has 0 saturated carbocycles. The van der Waals surface area contributed by atoms with Crippen LogP contribution in [0.15, 0.2) is 194 Å². The molecule has 3 heterocycles. The van der Waals surface area contributed by atoms with Crippen molar-refractivity contribution in [3.8, 4) is 33.6 Å². The molecule has 9 aromatic carbocycles. The van der Waals surface area contributed by atoms with E-state index in [1.165, 1.54) is 104 Å². The van der Waals surface area contributed by atoms with Crippen LogP contribution in [0.4, 0.5) is 0 Å². The highest BCUT2D eigenvalue weighted by molar-refractivity contribution is 6.13. The molecule has 0 saturated heterocycles. The maximum absolute atomic E-state index is 3.62. The fourth-order valence-electron chi connectivity index (χ4n) is 9.09. The van der Waals surface area contributed by atoms with Crippen LogP contribution in [0.25, 0.3) is 110 Å². The molecule has 12 rings (SSSR count). The largest absolute Gasteiger partial charge is 0.354 e. The van der Waals surface area contributed by atoms with Crippen molar-refractivity contribution in [3.05, 3.63) is 194 Å². The van der Waals surface area contributed by atoms with Crippen LogP contribution in [0, 0.1) is 0 Å². The highest BCUT2D eigenvalue weighted by atomic mass is 15.0. The molecule has 0 amide bonds. The number of fused-ring (bicyclic) bond motifs is 10. The average molecular weight is 700 g/mol. The summed E-state index contributed by atoms with van der Waals surface area (Å²) in [5.74, 6) is 0. The molecule has 1 N–H and O–H groups in total. The zero-order chi connectivity index (χ0) is 36.0. The van der Waals surface area contributed by atoms with Gasteiger partial charge in [-0.1, -0.05) is 133 Å². The van der Waals surface area contributed by atoms with Gasteiger partial charge in [0.15, 0.2) is 0 Å². The van der Waals surface area contributed by atoms with Crippen LogP contribution >= 0.6 is 0 Å². The molecule has 0 fully saturated rings. The SMILES string of the molecule is c1ccc(-n2c3ccccc3c3ccc(-c4ccc5c6ccccc6n(-c6cccc7cc(-c8ccc9c(c8)[nH]c8ccccc89)ccc67)c5c4)cc32)cc1. The summed E-state index contributed by atoms with van der Waals surface area (Å²) in [6, 6.07) is 71.1. The first-order valence-corrected chi connectivity index (χ1v) is 18.9. The Kier molecular flexibility index (Phi) is 6.34. The molecular weight excluding hydrogens is 667 g/mol. The summed E-state index contributed by atoms with van der Waals surface area (Å²) in [5.41, 5.74) is 14.3. The number of hydrogen-bond donors (Lipinski definition) is 1.